The van der Waals surface area contributed by atoms with Crippen LogP contribution < -0.4 is 15.4 Å². The first-order valence-corrected chi connectivity index (χ1v) is 8.43. The highest BCUT2D eigenvalue weighted by molar-refractivity contribution is 5.85. The molecule has 2 N–H and O–H groups in total. The van der Waals surface area contributed by atoms with Crippen LogP contribution in [-0.4, -0.2) is 31.6 Å². The van der Waals surface area contributed by atoms with Gasteiger partial charge in [-0.05, 0) is 43.2 Å². The van der Waals surface area contributed by atoms with Gasteiger partial charge in [0.1, 0.15) is 5.75 Å². The highest BCUT2D eigenvalue weighted by atomic mass is 35.5. The van der Waals surface area contributed by atoms with E-state index in [4.69, 9.17) is 4.74 Å². The average Bonchev–Trinajstić information content (AvgIpc) is 2.99. The number of halogens is 1. The first-order chi connectivity index (χ1) is 10.8. The molecule has 3 atom stereocenters. The molecule has 5 heteroatoms. The fourth-order valence-electron chi connectivity index (χ4n) is 3.87. The Kier molecular flexibility index (Phi) is 6.72. The van der Waals surface area contributed by atoms with Crippen molar-refractivity contribution in [3.05, 3.63) is 29.8 Å². The summed E-state index contributed by atoms with van der Waals surface area (Å²) in [5.41, 5.74) is 1.14. The zero-order chi connectivity index (χ0) is 15.4. The minimum Gasteiger partial charge on any atom is -0.496 e. The van der Waals surface area contributed by atoms with Crippen molar-refractivity contribution < 1.29 is 9.53 Å². The van der Waals surface area contributed by atoms with Crippen molar-refractivity contribution in [2.45, 2.75) is 50.6 Å². The number of carbonyl (C=O) groups excluding carboxylic acids is 1. The Labute approximate surface area is 144 Å². The Bertz CT molecular complexity index is 509. The van der Waals surface area contributed by atoms with Gasteiger partial charge in [0.05, 0.1) is 13.2 Å². The molecule has 2 aliphatic rings. The highest BCUT2D eigenvalue weighted by Gasteiger charge is 2.37. The molecule has 0 radical (unpaired) electrons. The molecule has 1 saturated carbocycles. The van der Waals surface area contributed by atoms with Gasteiger partial charge in [0, 0.05) is 12.6 Å². The topological polar surface area (TPSA) is 50.4 Å². The van der Waals surface area contributed by atoms with Gasteiger partial charge in [-0.1, -0.05) is 31.0 Å². The first-order valence-electron chi connectivity index (χ1n) is 8.43. The van der Waals surface area contributed by atoms with Crippen molar-refractivity contribution in [3.63, 3.8) is 0 Å². The van der Waals surface area contributed by atoms with Crippen LogP contribution in [0.3, 0.4) is 0 Å². The third kappa shape index (κ3) is 4.39. The molecule has 0 bridgehead atoms. The van der Waals surface area contributed by atoms with Crippen LogP contribution in [0.4, 0.5) is 0 Å². The molecule has 3 rings (SSSR count). The van der Waals surface area contributed by atoms with Gasteiger partial charge in [-0.3, -0.25) is 4.79 Å². The van der Waals surface area contributed by atoms with Crippen LogP contribution in [-0.2, 0) is 11.2 Å². The van der Waals surface area contributed by atoms with E-state index in [0.717, 1.165) is 24.2 Å². The highest BCUT2D eigenvalue weighted by Crippen LogP contribution is 2.33. The normalized spacial score (nSPS) is 26.0. The van der Waals surface area contributed by atoms with Gasteiger partial charge in [0.25, 0.3) is 0 Å². The summed E-state index contributed by atoms with van der Waals surface area (Å²) < 4.78 is 5.34. The number of ether oxygens (including phenoxy) is 1. The van der Waals surface area contributed by atoms with Crippen LogP contribution in [0.25, 0.3) is 0 Å². The SMILES string of the molecule is COc1ccccc1CCNC(=O)C1CC2CCCCC2N1.Cl. The molecule has 1 saturated heterocycles. The lowest BCUT2D eigenvalue weighted by Crippen LogP contribution is -2.43. The molecule has 1 amide bonds. The molecule has 0 spiro atoms. The van der Waals surface area contributed by atoms with Gasteiger partial charge >= 0.3 is 0 Å². The molecule has 2 fully saturated rings. The monoisotopic (exact) mass is 338 g/mol. The maximum Gasteiger partial charge on any atom is 0.237 e. The van der Waals surface area contributed by atoms with Crippen LogP contribution in [0.5, 0.6) is 5.75 Å². The van der Waals surface area contributed by atoms with Crippen LogP contribution >= 0.6 is 12.4 Å². The summed E-state index contributed by atoms with van der Waals surface area (Å²) in [6.07, 6.45) is 6.94. The summed E-state index contributed by atoms with van der Waals surface area (Å²) in [5, 5.41) is 6.60. The Balaban J connectivity index is 0.00000192. The molecule has 1 aromatic rings. The van der Waals surface area contributed by atoms with E-state index in [2.05, 4.69) is 10.6 Å². The zero-order valence-electron chi connectivity index (χ0n) is 13.7. The number of methoxy groups -OCH3 is 1. The number of nitrogens with one attached hydrogen (secondary N) is 2. The van der Waals surface area contributed by atoms with E-state index in [1.807, 2.05) is 24.3 Å². The maximum absolute atomic E-state index is 12.3. The number of fused-ring (bicyclic) bond motifs is 1. The third-order valence-electron chi connectivity index (χ3n) is 5.07. The average molecular weight is 339 g/mol. The molecular weight excluding hydrogens is 312 g/mol. The molecule has 1 aliphatic heterocycles. The number of rotatable bonds is 5. The maximum atomic E-state index is 12.3. The van der Waals surface area contributed by atoms with E-state index in [0.29, 0.717) is 18.5 Å². The number of carbonyl (C=O) groups is 1. The molecule has 4 nitrogen and oxygen atoms in total. The lowest BCUT2D eigenvalue weighted by Gasteiger charge is -2.24. The van der Waals surface area contributed by atoms with Crippen molar-refractivity contribution in [1.29, 1.82) is 0 Å². The van der Waals surface area contributed by atoms with Crippen LogP contribution in [0.1, 0.15) is 37.7 Å². The van der Waals surface area contributed by atoms with Crippen molar-refractivity contribution in [1.82, 2.24) is 10.6 Å². The number of para-hydroxylation sites is 1. The van der Waals surface area contributed by atoms with E-state index in [1.54, 1.807) is 7.11 Å². The summed E-state index contributed by atoms with van der Waals surface area (Å²) in [4.78, 5) is 12.3. The Hall–Kier alpha value is -1.26. The van der Waals surface area contributed by atoms with Gasteiger partial charge in [0.15, 0.2) is 0 Å². The minimum atomic E-state index is 0. The lowest BCUT2D eigenvalue weighted by molar-refractivity contribution is -0.122. The van der Waals surface area contributed by atoms with E-state index in [9.17, 15) is 4.79 Å². The minimum absolute atomic E-state index is 0. The summed E-state index contributed by atoms with van der Waals surface area (Å²) in [7, 11) is 1.68. The number of amides is 1. The second kappa shape index (κ2) is 8.55. The van der Waals surface area contributed by atoms with E-state index in [1.165, 1.54) is 25.7 Å². The van der Waals surface area contributed by atoms with Gasteiger partial charge in [-0.15, -0.1) is 12.4 Å². The second-order valence-corrected chi connectivity index (χ2v) is 6.46. The van der Waals surface area contributed by atoms with Crippen LogP contribution in [0, 0.1) is 5.92 Å². The number of hydrogen-bond donors (Lipinski definition) is 2. The lowest BCUT2D eigenvalue weighted by atomic mass is 9.85. The Morgan fingerprint density at radius 2 is 2.09 bits per heavy atom. The Morgan fingerprint density at radius 3 is 2.87 bits per heavy atom. The van der Waals surface area contributed by atoms with Crippen LogP contribution in [0.15, 0.2) is 24.3 Å². The molecule has 1 heterocycles. The predicted octanol–water partition coefficient (Wildman–Crippen LogP) is 2.70. The van der Waals surface area contributed by atoms with Crippen molar-refractivity contribution in [2.24, 2.45) is 5.92 Å². The molecule has 1 aliphatic carbocycles. The largest absolute Gasteiger partial charge is 0.496 e. The number of hydrogen-bond acceptors (Lipinski definition) is 3. The molecule has 23 heavy (non-hydrogen) atoms. The molecule has 0 aromatic heterocycles. The third-order valence-corrected chi connectivity index (χ3v) is 5.07. The summed E-state index contributed by atoms with van der Waals surface area (Å²) in [6, 6.07) is 8.55. The molecule has 3 unspecified atom stereocenters. The Morgan fingerprint density at radius 1 is 1.30 bits per heavy atom. The van der Waals surface area contributed by atoms with Crippen LogP contribution in [0.2, 0.25) is 0 Å². The molecule has 1 aromatic carbocycles. The fraction of sp³-hybridized carbons (Fsp3) is 0.611. The summed E-state index contributed by atoms with van der Waals surface area (Å²) >= 11 is 0. The van der Waals surface area contributed by atoms with Crippen molar-refractivity contribution >= 4 is 18.3 Å². The zero-order valence-corrected chi connectivity index (χ0v) is 14.5. The van der Waals surface area contributed by atoms with Crippen molar-refractivity contribution in [3.8, 4) is 5.75 Å². The summed E-state index contributed by atoms with van der Waals surface area (Å²) in [6.45, 7) is 0.659. The predicted molar refractivity (Wildman–Crippen MR) is 94.2 cm³/mol. The van der Waals surface area contributed by atoms with Gasteiger partial charge < -0.3 is 15.4 Å². The van der Waals surface area contributed by atoms with Gasteiger partial charge in [-0.2, -0.15) is 0 Å². The quantitative estimate of drug-likeness (QED) is 0.868. The standard InChI is InChI=1S/C18H26N2O2.ClH/c1-22-17-9-5-3-6-13(17)10-11-19-18(21)16-12-14-7-2-4-8-15(14)20-16;/h3,5-6,9,14-16,20H,2,4,7-8,10-12H2,1H3,(H,19,21);1H. The fourth-order valence-corrected chi connectivity index (χ4v) is 3.87. The first kappa shape index (κ1) is 18.1. The van der Waals surface area contributed by atoms with E-state index in [-0.39, 0.29) is 24.4 Å². The summed E-state index contributed by atoms with van der Waals surface area (Å²) in [5.74, 6) is 1.75. The van der Waals surface area contributed by atoms with E-state index >= 15 is 0 Å². The van der Waals surface area contributed by atoms with Gasteiger partial charge in [-0.25, -0.2) is 0 Å². The number of benzene rings is 1. The molecule has 128 valence electrons. The van der Waals surface area contributed by atoms with Crippen molar-refractivity contribution in [2.75, 3.05) is 13.7 Å². The van der Waals surface area contributed by atoms with E-state index < -0.39 is 0 Å². The van der Waals surface area contributed by atoms with Gasteiger partial charge in [0.2, 0.25) is 5.91 Å². The molecular formula is C18H27ClN2O2. The second-order valence-electron chi connectivity index (χ2n) is 6.46. The smallest absolute Gasteiger partial charge is 0.237 e.